The topological polar surface area (TPSA) is 80.3 Å². The molecule has 0 N–H and O–H groups in total. The molecule has 0 bridgehead atoms. The first-order valence-corrected chi connectivity index (χ1v) is 1.07. The van der Waals surface area contributed by atoms with E-state index in [1.165, 1.54) is 0 Å². The standard InChI is InChI=1S/C2H2O4.Li.2Na.H/c3-1(4)2(5)6;;;;/h(H,3,4)(H,5,6);;;;/q;3*+1;-1/p-2. The summed E-state index contributed by atoms with van der Waals surface area (Å²) in [4.78, 5) is 17.9. The van der Waals surface area contributed by atoms with Crippen LogP contribution in [0.3, 0.4) is 0 Å². The maximum Gasteiger partial charge on any atom is 1.00 e. The Morgan fingerprint density at radius 2 is 1.11 bits per heavy atom. The van der Waals surface area contributed by atoms with Gasteiger partial charge in [-0.05, 0) is 0 Å². The molecule has 9 heavy (non-hydrogen) atoms. The van der Waals surface area contributed by atoms with E-state index in [1.54, 1.807) is 0 Å². The van der Waals surface area contributed by atoms with Crippen LogP contribution in [0, 0.1) is 0 Å². The fourth-order valence-corrected chi connectivity index (χ4v) is 0. The number of carboxylic acid groups (broad SMARTS) is 2. The molecule has 0 aromatic rings. The van der Waals surface area contributed by atoms with Crippen LogP contribution >= 0.6 is 0 Å². The van der Waals surface area contributed by atoms with Crippen LogP contribution in [0.15, 0.2) is 0 Å². The third kappa shape index (κ3) is 17.7. The number of hydrogen-bond acceptors (Lipinski definition) is 4. The van der Waals surface area contributed by atoms with Crippen LogP contribution < -0.4 is 88.2 Å². The Balaban J connectivity index is -0.0000000208. The summed E-state index contributed by atoms with van der Waals surface area (Å²) in [6.07, 6.45) is 0. The second-order valence-corrected chi connectivity index (χ2v) is 0.575. The Labute approximate surface area is 110 Å². The van der Waals surface area contributed by atoms with Gasteiger partial charge < -0.3 is 21.2 Å². The number of carbonyl (C=O) groups excluding carboxylic acids is 2. The molecule has 0 unspecified atom stereocenters. The van der Waals surface area contributed by atoms with Gasteiger partial charge in [-0.3, -0.25) is 0 Å². The van der Waals surface area contributed by atoms with Crippen molar-refractivity contribution in [2.75, 3.05) is 0 Å². The van der Waals surface area contributed by atoms with Crippen molar-refractivity contribution in [3.63, 3.8) is 0 Å². The molecule has 0 rings (SSSR count). The van der Waals surface area contributed by atoms with E-state index < -0.39 is 11.9 Å². The Morgan fingerprint density at radius 1 is 1.00 bits per heavy atom. The predicted molar refractivity (Wildman–Crippen MR) is 11.1 cm³/mol. The van der Waals surface area contributed by atoms with Crippen molar-refractivity contribution >= 4 is 11.9 Å². The second-order valence-electron chi connectivity index (χ2n) is 0.575. The molecule has 0 radical (unpaired) electrons. The van der Waals surface area contributed by atoms with Crippen molar-refractivity contribution in [2.45, 2.75) is 0 Å². The minimum absolute atomic E-state index is 0. The van der Waals surface area contributed by atoms with E-state index in [2.05, 4.69) is 0 Å². The molecule has 0 saturated heterocycles. The summed E-state index contributed by atoms with van der Waals surface area (Å²) in [5, 5.41) is 17.9. The normalized spacial score (nSPS) is 4.89. The molecule has 4 nitrogen and oxygen atoms in total. The van der Waals surface area contributed by atoms with Gasteiger partial charge >= 0.3 is 78.0 Å². The van der Waals surface area contributed by atoms with E-state index in [1.807, 2.05) is 0 Å². The molecule has 36 valence electrons. The third-order valence-electron chi connectivity index (χ3n) is 0.167. The molecule has 7 heteroatoms. The van der Waals surface area contributed by atoms with Gasteiger partial charge in [0.2, 0.25) is 0 Å². The molecular formula is C2HLiNa2O4. The van der Waals surface area contributed by atoms with Crippen LogP contribution in [0.1, 0.15) is 1.43 Å². The summed E-state index contributed by atoms with van der Waals surface area (Å²) in [5.41, 5.74) is 0. The third-order valence-corrected chi connectivity index (χ3v) is 0.167. The van der Waals surface area contributed by atoms with Gasteiger partial charge in [0, 0.05) is 0 Å². The van der Waals surface area contributed by atoms with Gasteiger partial charge in [0.15, 0.2) is 0 Å². The fraction of sp³-hybridized carbons (Fsp3) is 0. The quantitative estimate of drug-likeness (QED) is 0.248. The van der Waals surface area contributed by atoms with Crippen molar-refractivity contribution in [1.29, 1.82) is 0 Å². The first-order chi connectivity index (χ1) is 2.64. The van der Waals surface area contributed by atoms with Gasteiger partial charge in [0.05, 0.1) is 11.9 Å². The summed E-state index contributed by atoms with van der Waals surface area (Å²) >= 11 is 0. The van der Waals surface area contributed by atoms with Crippen molar-refractivity contribution in [3.05, 3.63) is 0 Å². The van der Waals surface area contributed by atoms with Crippen molar-refractivity contribution in [2.24, 2.45) is 0 Å². The van der Waals surface area contributed by atoms with Gasteiger partial charge in [-0.1, -0.05) is 0 Å². The maximum atomic E-state index is 8.93. The number of carbonyl (C=O) groups is 2. The van der Waals surface area contributed by atoms with Gasteiger partial charge in [0.25, 0.3) is 0 Å². The number of aliphatic carboxylic acids is 2. The molecule has 0 heterocycles. The summed E-state index contributed by atoms with van der Waals surface area (Å²) < 4.78 is 0. The van der Waals surface area contributed by atoms with Crippen molar-refractivity contribution in [3.8, 4) is 0 Å². The first-order valence-electron chi connectivity index (χ1n) is 1.07. The van der Waals surface area contributed by atoms with Crippen molar-refractivity contribution < 1.29 is 99.2 Å². The maximum absolute atomic E-state index is 8.93. The van der Waals surface area contributed by atoms with E-state index in [9.17, 15) is 0 Å². The Morgan fingerprint density at radius 3 is 1.11 bits per heavy atom. The largest absolute Gasteiger partial charge is 1.00 e. The molecule has 0 amide bonds. The van der Waals surface area contributed by atoms with Crippen LogP contribution in [0.2, 0.25) is 0 Å². The average Bonchev–Trinajstić information content (AvgIpc) is 1.36. The minimum Gasteiger partial charge on any atom is -1.00 e. The molecule has 0 aromatic heterocycles. The molecule has 0 aliphatic carbocycles. The smallest absolute Gasteiger partial charge is 1.00 e. The summed E-state index contributed by atoms with van der Waals surface area (Å²) in [5.74, 6) is -4.37. The van der Waals surface area contributed by atoms with Crippen LogP contribution in [-0.4, -0.2) is 11.9 Å². The monoisotopic (exact) mass is 142 g/mol. The fourth-order valence-electron chi connectivity index (χ4n) is 0. The molecular weight excluding hydrogens is 141 g/mol. The van der Waals surface area contributed by atoms with Crippen LogP contribution in [0.5, 0.6) is 0 Å². The molecule has 0 atom stereocenters. The summed E-state index contributed by atoms with van der Waals surface area (Å²) in [7, 11) is 0. The zero-order chi connectivity index (χ0) is 5.15. The van der Waals surface area contributed by atoms with Crippen LogP contribution in [-0.2, 0) is 9.59 Å². The number of carboxylic acids is 2. The molecule has 0 fully saturated rings. The summed E-state index contributed by atoms with van der Waals surface area (Å²) in [6.45, 7) is 0. The number of rotatable bonds is 0. The zero-order valence-corrected chi connectivity index (χ0v) is 9.63. The SMILES string of the molecule is O=C([O-])C(=O)[O-].[H-].[Li+].[Na+].[Na+]. The Hall–Kier alpha value is 1.54. The molecule has 0 aromatic carbocycles. The average molecular weight is 142 g/mol. The predicted octanol–water partition coefficient (Wildman–Crippen LogP) is -12.4. The van der Waals surface area contributed by atoms with Crippen LogP contribution in [0.25, 0.3) is 0 Å². The Bertz CT molecular complexity index is 87.3. The summed E-state index contributed by atoms with van der Waals surface area (Å²) in [6, 6.07) is 0. The number of hydrogen-bond donors (Lipinski definition) is 0. The van der Waals surface area contributed by atoms with E-state index in [-0.39, 0.29) is 79.4 Å². The Kier molecular flexibility index (Phi) is 30.5. The van der Waals surface area contributed by atoms with Crippen molar-refractivity contribution in [1.82, 2.24) is 0 Å². The van der Waals surface area contributed by atoms with Gasteiger partial charge in [-0.15, -0.1) is 0 Å². The van der Waals surface area contributed by atoms with E-state index in [0.29, 0.717) is 0 Å². The van der Waals surface area contributed by atoms with Gasteiger partial charge in [0.1, 0.15) is 0 Å². The van der Waals surface area contributed by atoms with E-state index >= 15 is 0 Å². The molecule has 0 saturated carbocycles. The molecule has 0 spiro atoms. The van der Waals surface area contributed by atoms with Crippen LogP contribution in [0.4, 0.5) is 0 Å². The molecule has 0 aliphatic heterocycles. The van der Waals surface area contributed by atoms with E-state index in [0.717, 1.165) is 0 Å². The van der Waals surface area contributed by atoms with Gasteiger partial charge in [-0.2, -0.15) is 0 Å². The molecule has 0 aliphatic rings. The first kappa shape index (κ1) is 22.4. The van der Waals surface area contributed by atoms with Gasteiger partial charge in [-0.25, -0.2) is 0 Å². The minimum atomic E-state index is -2.19. The zero-order valence-electron chi connectivity index (χ0n) is 6.63. The van der Waals surface area contributed by atoms with E-state index in [4.69, 9.17) is 19.8 Å². The second kappa shape index (κ2) is 12.2.